The van der Waals surface area contributed by atoms with Crippen LogP contribution in [0.4, 0.5) is 11.4 Å². The van der Waals surface area contributed by atoms with E-state index in [1.165, 1.54) is 0 Å². The van der Waals surface area contributed by atoms with Crippen molar-refractivity contribution in [3.8, 4) is 5.69 Å². The number of aromatic nitrogens is 2. The van der Waals surface area contributed by atoms with Crippen molar-refractivity contribution in [3.63, 3.8) is 0 Å². The van der Waals surface area contributed by atoms with Crippen molar-refractivity contribution in [2.45, 2.75) is 0 Å². The molecule has 0 aliphatic rings. The van der Waals surface area contributed by atoms with Crippen LogP contribution in [0.1, 0.15) is 10.4 Å². The van der Waals surface area contributed by atoms with Crippen LogP contribution in [0.2, 0.25) is 0 Å². The molecule has 3 N–H and O–H groups in total. The van der Waals surface area contributed by atoms with Gasteiger partial charge in [-0.2, -0.15) is 5.10 Å². The Labute approximate surface area is 160 Å². The molecule has 2 aromatic carbocycles. The normalized spacial score (nSPS) is 10.5. The molecule has 0 spiro atoms. The van der Waals surface area contributed by atoms with E-state index in [4.69, 9.17) is 5.21 Å². The van der Waals surface area contributed by atoms with Crippen molar-refractivity contribution in [1.29, 1.82) is 0 Å². The number of hydrogen-bond donors (Lipinski definition) is 3. The Kier molecular flexibility index (Phi) is 5.17. The number of nitrogens with zero attached hydrogens (tertiary/aromatic N) is 2. The van der Waals surface area contributed by atoms with Crippen LogP contribution in [0.15, 0.2) is 59.3 Å². The zero-order valence-electron chi connectivity index (χ0n) is 12.2. The molecule has 0 aliphatic heterocycles. The van der Waals surface area contributed by atoms with Crippen LogP contribution in [-0.2, 0) is 0 Å². The summed E-state index contributed by atoms with van der Waals surface area (Å²) in [4.78, 5) is 12.0. The smallest absolute Gasteiger partial charge is 0.276 e. The number of rotatable bonds is 4. The number of hydroxylamine groups is 1. The molecule has 3 aromatic rings. The first-order valence-corrected chi connectivity index (χ1v) is 8.76. The Morgan fingerprint density at radius 3 is 2.62 bits per heavy atom. The summed E-state index contributed by atoms with van der Waals surface area (Å²) < 4.78 is 3.47. The van der Waals surface area contributed by atoms with Gasteiger partial charge in [0.05, 0.1) is 16.9 Å². The molecule has 3 rings (SSSR count). The minimum atomic E-state index is -0.601. The van der Waals surface area contributed by atoms with Crippen molar-refractivity contribution < 1.29 is 10.0 Å². The van der Waals surface area contributed by atoms with E-state index in [-0.39, 0.29) is 0 Å². The van der Waals surface area contributed by atoms with Crippen LogP contribution in [0, 0.1) is 3.57 Å². The third-order valence-corrected chi connectivity index (χ3v) is 4.66. The zero-order valence-corrected chi connectivity index (χ0v) is 15.9. The summed E-state index contributed by atoms with van der Waals surface area (Å²) in [7, 11) is 0. The molecule has 1 amide bonds. The highest BCUT2D eigenvalue weighted by Gasteiger charge is 2.16. The maximum Gasteiger partial charge on any atom is 0.276 e. The fourth-order valence-electron chi connectivity index (χ4n) is 2.19. The Bertz CT molecular complexity index is 867. The molecule has 0 saturated carbocycles. The first-order valence-electron chi connectivity index (χ1n) is 6.89. The van der Waals surface area contributed by atoms with E-state index in [1.54, 1.807) is 34.7 Å². The Morgan fingerprint density at radius 1 is 1.25 bits per heavy atom. The SMILES string of the molecule is O=C(NO)c1cc(Br)c(-n2cccn2)cc1Nc1ccc(I)cc1. The number of carbonyl (C=O) groups excluding carboxylic acids is 1. The first kappa shape index (κ1) is 16.9. The minimum absolute atomic E-state index is 0.304. The number of benzene rings is 2. The summed E-state index contributed by atoms with van der Waals surface area (Å²) >= 11 is 5.67. The number of anilines is 2. The van der Waals surface area contributed by atoms with E-state index in [0.717, 1.165) is 14.9 Å². The van der Waals surface area contributed by atoms with E-state index in [9.17, 15) is 4.79 Å². The first-order chi connectivity index (χ1) is 11.6. The number of carbonyl (C=O) groups is 1. The Balaban J connectivity index is 2.08. The Morgan fingerprint density at radius 2 is 2.00 bits per heavy atom. The average molecular weight is 499 g/mol. The van der Waals surface area contributed by atoms with Gasteiger partial charge >= 0.3 is 0 Å². The van der Waals surface area contributed by atoms with E-state index in [2.05, 4.69) is 48.9 Å². The van der Waals surface area contributed by atoms with Crippen molar-refractivity contribution in [3.05, 3.63) is 68.5 Å². The molecule has 0 aliphatic carbocycles. The highest BCUT2D eigenvalue weighted by atomic mass is 127. The Hall–Kier alpha value is -1.91. The molecule has 0 atom stereocenters. The second kappa shape index (κ2) is 7.32. The second-order valence-electron chi connectivity index (χ2n) is 4.87. The predicted molar refractivity (Wildman–Crippen MR) is 103 cm³/mol. The van der Waals surface area contributed by atoms with Gasteiger partial charge in [0.2, 0.25) is 0 Å². The molecule has 0 saturated heterocycles. The fourth-order valence-corrected chi connectivity index (χ4v) is 3.07. The molecular weight excluding hydrogens is 487 g/mol. The van der Waals surface area contributed by atoms with Crippen LogP contribution in [0.3, 0.4) is 0 Å². The van der Waals surface area contributed by atoms with Crippen molar-refractivity contribution in [2.24, 2.45) is 0 Å². The lowest BCUT2D eigenvalue weighted by molar-refractivity contribution is 0.0707. The van der Waals surface area contributed by atoms with Crippen molar-refractivity contribution in [2.75, 3.05) is 5.32 Å². The summed E-state index contributed by atoms with van der Waals surface area (Å²) in [6, 6.07) is 13.0. The molecule has 24 heavy (non-hydrogen) atoms. The highest BCUT2D eigenvalue weighted by molar-refractivity contribution is 14.1. The van der Waals surface area contributed by atoms with Gasteiger partial charge in [-0.3, -0.25) is 10.0 Å². The summed E-state index contributed by atoms with van der Waals surface area (Å²) in [5.41, 5.74) is 4.13. The molecule has 1 aromatic heterocycles. The van der Waals surface area contributed by atoms with Crippen LogP contribution < -0.4 is 10.8 Å². The largest absolute Gasteiger partial charge is 0.355 e. The lowest BCUT2D eigenvalue weighted by atomic mass is 10.1. The number of amides is 1. The average Bonchev–Trinajstić information content (AvgIpc) is 3.11. The molecule has 0 radical (unpaired) electrons. The van der Waals surface area contributed by atoms with Gasteiger partial charge < -0.3 is 5.32 Å². The topological polar surface area (TPSA) is 79.2 Å². The van der Waals surface area contributed by atoms with Crippen molar-refractivity contribution >= 4 is 55.8 Å². The van der Waals surface area contributed by atoms with Gasteiger partial charge in [-0.15, -0.1) is 0 Å². The summed E-state index contributed by atoms with van der Waals surface area (Å²) in [6.07, 6.45) is 3.48. The van der Waals surface area contributed by atoms with Gasteiger partial charge in [0.25, 0.3) is 5.91 Å². The maximum atomic E-state index is 12.0. The molecule has 6 nitrogen and oxygen atoms in total. The molecule has 0 fully saturated rings. The minimum Gasteiger partial charge on any atom is -0.355 e. The van der Waals surface area contributed by atoms with Crippen LogP contribution >= 0.6 is 38.5 Å². The third-order valence-electron chi connectivity index (χ3n) is 3.31. The molecule has 0 unspecified atom stereocenters. The van der Waals surface area contributed by atoms with Gasteiger partial charge in [0.15, 0.2) is 0 Å². The number of hydrogen-bond acceptors (Lipinski definition) is 4. The summed E-state index contributed by atoms with van der Waals surface area (Å²) in [5.74, 6) is -0.601. The number of halogens is 2. The van der Waals surface area contributed by atoms with E-state index in [1.807, 2.05) is 30.3 Å². The van der Waals surface area contributed by atoms with E-state index < -0.39 is 5.91 Å². The van der Waals surface area contributed by atoms with Crippen LogP contribution in [0.5, 0.6) is 0 Å². The van der Waals surface area contributed by atoms with Gasteiger partial charge in [-0.25, -0.2) is 10.2 Å². The van der Waals surface area contributed by atoms with E-state index >= 15 is 0 Å². The van der Waals surface area contributed by atoms with Crippen LogP contribution in [0.25, 0.3) is 5.69 Å². The lowest BCUT2D eigenvalue weighted by Gasteiger charge is -2.15. The number of nitrogens with one attached hydrogen (secondary N) is 2. The van der Waals surface area contributed by atoms with Gasteiger partial charge in [0.1, 0.15) is 0 Å². The fraction of sp³-hybridized carbons (Fsp3) is 0. The van der Waals surface area contributed by atoms with Gasteiger partial charge in [0, 0.05) is 26.1 Å². The van der Waals surface area contributed by atoms with Crippen LogP contribution in [-0.4, -0.2) is 20.9 Å². The highest BCUT2D eigenvalue weighted by Crippen LogP contribution is 2.30. The summed E-state index contributed by atoms with van der Waals surface area (Å²) in [5, 5.41) is 16.4. The van der Waals surface area contributed by atoms with E-state index in [0.29, 0.717) is 15.7 Å². The molecule has 122 valence electrons. The standard InChI is InChI=1S/C16H12BrIN4O2/c17-13-8-12(16(23)21-24)14(9-15(13)22-7-1-6-19-22)20-11-4-2-10(18)3-5-11/h1-9,20,24H,(H,21,23). The third kappa shape index (κ3) is 3.60. The van der Waals surface area contributed by atoms with Crippen molar-refractivity contribution in [1.82, 2.24) is 15.3 Å². The van der Waals surface area contributed by atoms with Gasteiger partial charge in [-0.05, 0) is 81.0 Å². The zero-order chi connectivity index (χ0) is 17.1. The second-order valence-corrected chi connectivity index (χ2v) is 6.97. The lowest BCUT2D eigenvalue weighted by Crippen LogP contribution is -2.20. The summed E-state index contributed by atoms with van der Waals surface area (Å²) in [6.45, 7) is 0. The molecule has 8 heteroatoms. The maximum absolute atomic E-state index is 12.0. The monoisotopic (exact) mass is 498 g/mol. The molecule has 0 bridgehead atoms. The molecule has 1 heterocycles. The van der Waals surface area contributed by atoms with Gasteiger partial charge in [-0.1, -0.05) is 0 Å². The predicted octanol–water partition coefficient (Wildman–Crippen LogP) is 4.10. The molecular formula is C16H12BrIN4O2. The quantitative estimate of drug-likeness (QED) is 0.287.